The Balaban J connectivity index is 2.23. The molecule has 1 aliphatic rings. The zero-order valence-corrected chi connectivity index (χ0v) is 9.87. The summed E-state index contributed by atoms with van der Waals surface area (Å²) in [6.07, 6.45) is 0.620. The predicted octanol–water partition coefficient (Wildman–Crippen LogP) is 1.23. The molecule has 1 fully saturated rings. The summed E-state index contributed by atoms with van der Waals surface area (Å²) < 4.78 is 37.6. The van der Waals surface area contributed by atoms with Gasteiger partial charge in [0.25, 0.3) is 0 Å². The molecule has 0 aromatic heterocycles. The lowest BCUT2D eigenvalue weighted by atomic mass is 10.1. The van der Waals surface area contributed by atoms with Gasteiger partial charge in [0, 0.05) is 13.1 Å². The molecule has 1 saturated heterocycles. The summed E-state index contributed by atoms with van der Waals surface area (Å²) in [4.78, 5) is 0. The number of nitrogens with zero attached hydrogens (tertiary/aromatic N) is 2. The van der Waals surface area contributed by atoms with E-state index in [1.54, 1.807) is 6.07 Å². The number of hydrogen-bond donors (Lipinski definition) is 0. The van der Waals surface area contributed by atoms with Crippen molar-refractivity contribution in [2.45, 2.75) is 13.0 Å². The van der Waals surface area contributed by atoms with Crippen molar-refractivity contribution in [1.29, 1.82) is 5.26 Å². The molecular formula is C11H11FN2O2S. The van der Waals surface area contributed by atoms with Crippen LogP contribution in [0.5, 0.6) is 0 Å². The van der Waals surface area contributed by atoms with E-state index in [1.807, 2.05) is 0 Å². The topological polar surface area (TPSA) is 61.2 Å². The Labute approximate surface area is 99.3 Å². The molecule has 90 valence electrons. The molecule has 0 N–H and O–H groups in total. The molecule has 0 saturated carbocycles. The second-order valence-electron chi connectivity index (χ2n) is 3.93. The molecule has 6 heteroatoms. The van der Waals surface area contributed by atoms with Gasteiger partial charge in [-0.15, -0.1) is 0 Å². The third-order valence-corrected chi connectivity index (χ3v) is 4.62. The van der Waals surface area contributed by atoms with Gasteiger partial charge in [-0.1, -0.05) is 6.07 Å². The molecule has 0 aliphatic carbocycles. The van der Waals surface area contributed by atoms with Crippen molar-refractivity contribution in [2.75, 3.05) is 12.3 Å². The zero-order chi connectivity index (χ0) is 12.5. The average Bonchev–Trinajstić information content (AvgIpc) is 2.61. The molecule has 2 rings (SSSR count). The van der Waals surface area contributed by atoms with E-state index in [-0.39, 0.29) is 17.9 Å². The highest BCUT2D eigenvalue weighted by molar-refractivity contribution is 7.89. The van der Waals surface area contributed by atoms with Crippen molar-refractivity contribution in [2.24, 2.45) is 0 Å². The summed E-state index contributed by atoms with van der Waals surface area (Å²) in [6, 6.07) is 5.83. The van der Waals surface area contributed by atoms with Gasteiger partial charge < -0.3 is 0 Å². The smallest absolute Gasteiger partial charge is 0.212 e. The first-order chi connectivity index (χ1) is 8.03. The fourth-order valence-electron chi connectivity index (χ4n) is 1.83. The number of nitriles is 1. The van der Waals surface area contributed by atoms with Crippen molar-refractivity contribution < 1.29 is 12.8 Å². The SMILES string of the molecule is N#Cc1cc(CN2CCCS2(=O)=O)ccc1F. The summed E-state index contributed by atoms with van der Waals surface area (Å²) in [5.41, 5.74) is 0.576. The van der Waals surface area contributed by atoms with Crippen molar-refractivity contribution in [3.8, 4) is 6.07 Å². The lowest BCUT2D eigenvalue weighted by Gasteiger charge is -2.14. The van der Waals surface area contributed by atoms with Crippen LogP contribution in [0.25, 0.3) is 0 Å². The molecule has 0 bridgehead atoms. The quantitative estimate of drug-likeness (QED) is 0.797. The fourth-order valence-corrected chi connectivity index (χ4v) is 3.33. The number of rotatable bonds is 2. The van der Waals surface area contributed by atoms with Gasteiger partial charge in [0.05, 0.1) is 11.3 Å². The van der Waals surface area contributed by atoms with Gasteiger partial charge in [0.2, 0.25) is 10.0 Å². The first-order valence-electron chi connectivity index (χ1n) is 5.19. The molecule has 1 aliphatic heterocycles. The normalized spacial score (nSPS) is 19.1. The van der Waals surface area contributed by atoms with E-state index in [0.717, 1.165) is 0 Å². The van der Waals surface area contributed by atoms with Crippen LogP contribution in [0.1, 0.15) is 17.5 Å². The molecule has 1 aromatic rings. The molecule has 0 unspecified atom stereocenters. The van der Waals surface area contributed by atoms with Gasteiger partial charge in [-0.25, -0.2) is 12.8 Å². The van der Waals surface area contributed by atoms with E-state index >= 15 is 0 Å². The molecule has 0 amide bonds. The van der Waals surface area contributed by atoms with Crippen molar-refractivity contribution in [3.63, 3.8) is 0 Å². The lowest BCUT2D eigenvalue weighted by Crippen LogP contribution is -2.25. The Bertz CT molecular complexity index is 578. The zero-order valence-electron chi connectivity index (χ0n) is 9.06. The third kappa shape index (κ3) is 2.46. The van der Waals surface area contributed by atoms with E-state index in [4.69, 9.17) is 5.26 Å². The van der Waals surface area contributed by atoms with Gasteiger partial charge in [-0.2, -0.15) is 9.57 Å². The highest BCUT2D eigenvalue weighted by Gasteiger charge is 2.28. The van der Waals surface area contributed by atoms with Crippen LogP contribution >= 0.6 is 0 Å². The van der Waals surface area contributed by atoms with E-state index in [2.05, 4.69) is 0 Å². The van der Waals surface area contributed by atoms with Crippen LogP contribution in [0.2, 0.25) is 0 Å². The van der Waals surface area contributed by atoms with Crippen LogP contribution in [-0.4, -0.2) is 25.0 Å². The maximum Gasteiger partial charge on any atom is 0.214 e. The maximum atomic E-state index is 13.1. The highest BCUT2D eigenvalue weighted by atomic mass is 32.2. The second-order valence-corrected chi connectivity index (χ2v) is 6.02. The third-order valence-electron chi connectivity index (χ3n) is 2.71. The van der Waals surface area contributed by atoms with Crippen LogP contribution in [0, 0.1) is 17.1 Å². The standard InChI is InChI=1S/C11H11FN2O2S/c12-11-3-2-9(6-10(11)7-13)8-14-4-1-5-17(14,15)16/h2-3,6H,1,4-5,8H2. The number of hydrogen-bond acceptors (Lipinski definition) is 3. The molecule has 1 aromatic carbocycles. The lowest BCUT2D eigenvalue weighted by molar-refractivity contribution is 0.439. The van der Waals surface area contributed by atoms with Gasteiger partial charge in [-0.3, -0.25) is 0 Å². The maximum absolute atomic E-state index is 13.1. The predicted molar refractivity (Wildman–Crippen MR) is 59.9 cm³/mol. The number of sulfonamides is 1. The fraction of sp³-hybridized carbons (Fsp3) is 0.364. The largest absolute Gasteiger partial charge is 0.214 e. The summed E-state index contributed by atoms with van der Waals surface area (Å²) >= 11 is 0. The van der Waals surface area contributed by atoms with Crippen LogP contribution in [0.15, 0.2) is 18.2 Å². The van der Waals surface area contributed by atoms with Gasteiger partial charge in [-0.05, 0) is 24.1 Å². The Morgan fingerprint density at radius 2 is 2.24 bits per heavy atom. The van der Waals surface area contributed by atoms with E-state index in [0.29, 0.717) is 18.5 Å². The minimum absolute atomic E-state index is 0.0564. The van der Waals surface area contributed by atoms with Gasteiger partial charge in [0.1, 0.15) is 11.9 Å². The molecule has 17 heavy (non-hydrogen) atoms. The molecule has 0 radical (unpaired) electrons. The van der Waals surface area contributed by atoms with Crippen LogP contribution < -0.4 is 0 Å². The molecule has 4 nitrogen and oxygen atoms in total. The van der Waals surface area contributed by atoms with Crippen molar-refractivity contribution >= 4 is 10.0 Å². The molecular weight excluding hydrogens is 243 g/mol. The number of benzene rings is 1. The monoisotopic (exact) mass is 254 g/mol. The van der Waals surface area contributed by atoms with Crippen LogP contribution in [0.3, 0.4) is 0 Å². The Morgan fingerprint density at radius 1 is 1.47 bits per heavy atom. The molecule has 1 heterocycles. The van der Waals surface area contributed by atoms with E-state index in [9.17, 15) is 12.8 Å². The first-order valence-corrected chi connectivity index (χ1v) is 6.80. The minimum Gasteiger partial charge on any atom is -0.212 e. The highest BCUT2D eigenvalue weighted by Crippen LogP contribution is 2.18. The first kappa shape index (κ1) is 12.0. The second kappa shape index (κ2) is 4.43. The van der Waals surface area contributed by atoms with Crippen LogP contribution in [-0.2, 0) is 16.6 Å². The Kier molecular flexibility index (Phi) is 3.13. The Hall–Kier alpha value is -1.45. The van der Waals surface area contributed by atoms with Gasteiger partial charge >= 0.3 is 0 Å². The minimum atomic E-state index is -3.16. The molecule has 0 atom stereocenters. The van der Waals surface area contributed by atoms with E-state index in [1.165, 1.54) is 22.5 Å². The summed E-state index contributed by atoms with van der Waals surface area (Å²) in [6.45, 7) is 0.693. The summed E-state index contributed by atoms with van der Waals surface area (Å²) in [7, 11) is -3.16. The van der Waals surface area contributed by atoms with Crippen LogP contribution in [0.4, 0.5) is 4.39 Å². The Morgan fingerprint density at radius 3 is 2.82 bits per heavy atom. The van der Waals surface area contributed by atoms with Gasteiger partial charge in [0.15, 0.2) is 0 Å². The summed E-state index contributed by atoms with van der Waals surface area (Å²) in [5, 5.41) is 8.68. The van der Waals surface area contributed by atoms with E-state index < -0.39 is 15.8 Å². The van der Waals surface area contributed by atoms with Crippen molar-refractivity contribution in [3.05, 3.63) is 35.1 Å². The van der Waals surface area contributed by atoms with Crippen molar-refractivity contribution in [1.82, 2.24) is 4.31 Å². The number of halogens is 1. The molecule has 0 spiro atoms. The summed E-state index contributed by atoms with van der Waals surface area (Å²) in [5.74, 6) is -0.417. The average molecular weight is 254 g/mol.